The molecule has 2 saturated heterocycles. The fraction of sp³-hybridized carbons (Fsp3) is 0.667. The van der Waals surface area contributed by atoms with Gasteiger partial charge in [-0.1, -0.05) is 31.2 Å². The van der Waals surface area contributed by atoms with Crippen molar-refractivity contribution in [2.45, 2.75) is 45.7 Å². The number of benzene rings is 1. The summed E-state index contributed by atoms with van der Waals surface area (Å²) in [4.78, 5) is 15.3. The molecule has 0 saturated carbocycles. The summed E-state index contributed by atoms with van der Waals surface area (Å²) in [6.45, 7) is 7.82. The summed E-state index contributed by atoms with van der Waals surface area (Å²) in [5, 5.41) is 3.15. The maximum absolute atomic E-state index is 12.8. The van der Waals surface area contributed by atoms with Gasteiger partial charge in [0.25, 0.3) is 0 Å². The van der Waals surface area contributed by atoms with Crippen molar-refractivity contribution in [1.82, 2.24) is 10.2 Å². The number of hydrogen-bond donors (Lipinski definition) is 2. The van der Waals surface area contributed by atoms with Crippen LogP contribution in [0, 0.1) is 11.3 Å². The quantitative estimate of drug-likeness (QED) is 0.818. The number of amides is 1. The first-order valence-corrected chi connectivity index (χ1v) is 9.98. The Bertz CT molecular complexity index is 599. The number of ether oxygens (including phenoxy) is 1. The van der Waals surface area contributed by atoms with Crippen molar-refractivity contribution in [1.29, 1.82) is 0 Å². The van der Waals surface area contributed by atoms with Gasteiger partial charge in [-0.3, -0.25) is 9.69 Å². The van der Waals surface area contributed by atoms with Crippen molar-refractivity contribution < 1.29 is 9.53 Å². The number of likely N-dealkylation sites (tertiary alicyclic amines) is 1. The van der Waals surface area contributed by atoms with E-state index in [0.29, 0.717) is 39.1 Å². The molecule has 2 heterocycles. The van der Waals surface area contributed by atoms with Crippen molar-refractivity contribution in [3.63, 3.8) is 0 Å². The van der Waals surface area contributed by atoms with Crippen LogP contribution < -0.4 is 11.1 Å². The molecule has 1 amide bonds. The Labute approximate surface area is 157 Å². The lowest BCUT2D eigenvalue weighted by Crippen LogP contribution is -2.49. The van der Waals surface area contributed by atoms with Crippen molar-refractivity contribution in [3.8, 4) is 0 Å². The molecular formula is C21H33N3O2. The molecule has 0 radical (unpaired) electrons. The number of carbonyl (C=O) groups is 1. The zero-order chi connectivity index (χ0) is 18.4. The van der Waals surface area contributed by atoms with Crippen LogP contribution in [0.25, 0.3) is 0 Å². The molecule has 0 bridgehead atoms. The summed E-state index contributed by atoms with van der Waals surface area (Å²) >= 11 is 0. The molecule has 26 heavy (non-hydrogen) atoms. The topological polar surface area (TPSA) is 67.6 Å². The Morgan fingerprint density at radius 3 is 2.73 bits per heavy atom. The van der Waals surface area contributed by atoms with E-state index in [4.69, 9.17) is 10.5 Å². The zero-order valence-corrected chi connectivity index (χ0v) is 16.0. The fourth-order valence-electron chi connectivity index (χ4n) is 4.20. The van der Waals surface area contributed by atoms with Gasteiger partial charge in [-0.15, -0.1) is 0 Å². The summed E-state index contributed by atoms with van der Waals surface area (Å²) < 4.78 is 5.41. The van der Waals surface area contributed by atoms with Crippen LogP contribution in [0.15, 0.2) is 24.3 Å². The third kappa shape index (κ3) is 4.64. The molecule has 1 unspecified atom stereocenters. The first-order chi connectivity index (χ1) is 12.6. The Kier molecular flexibility index (Phi) is 6.68. The first kappa shape index (κ1) is 19.3. The number of carbonyl (C=O) groups excluding carboxylic acids is 1. The van der Waals surface area contributed by atoms with Crippen molar-refractivity contribution in [3.05, 3.63) is 35.4 Å². The molecule has 1 aromatic rings. The van der Waals surface area contributed by atoms with Crippen LogP contribution >= 0.6 is 0 Å². The predicted molar refractivity (Wildman–Crippen MR) is 104 cm³/mol. The minimum Gasteiger partial charge on any atom is -0.381 e. The summed E-state index contributed by atoms with van der Waals surface area (Å²) in [6, 6.07) is 8.46. The van der Waals surface area contributed by atoms with Gasteiger partial charge in [0.15, 0.2) is 0 Å². The zero-order valence-electron chi connectivity index (χ0n) is 16.0. The maximum atomic E-state index is 12.8. The average Bonchev–Trinajstić information content (AvgIpc) is 2.67. The molecule has 2 aliphatic heterocycles. The summed E-state index contributed by atoms with van der Waals surface area (Å²) in [5.41, 5.74) is 8.01. The molecule has 0 aromatic heterocycles. The summed E-state index contributed by atoms with van der Waals surface area (Å²) in [6.07, 6.45) is 4.03. The lowest BCUT2D eigenvalue weighted by Gasteiger charge is -2.34. The van der Waals surface area contributed by atoms with Crippen molar-refractivity contribution >= 4 is 5.91 Å². The van der Waals surface area contributed by atoms with Gasteiger partial charge in [0.1, 0.15) is 0 Å². The van der Waals surface area contributed by atoms with Crippen LogP contribution in [0.4, 0.5) is 0 Å². The van der Waals surface area contributed by atoms with Gasteiger partial charge >= 0.3 is 0 Å². The lowest BCUT2D eigenvalue weighted by molar-refractivity contribution is -0.136. The van der Waals surface area contributed by atoms with Crippen LogP contribution in [0.2, 0.25) is 0 Å². The normalized spacial score (nSPS) is 23.5. The van der Waals surface area contributed by atoms with Gasteiger partial charge in [-0.25, -0.2) is 0 Å². The smallest absolute Gasteiger partial charge is 0.227 e. The van der Waals surface area contributed by atoms with E-state index in [1.165, 1.54) is 30.5 Å². The largest absolute Gasteiger partial charge is 0.381 e. The Hall–Kier alpha value is -1.43. The molecule has 0 spiro atoms. The minimum atomic E-state index is -0.463. The van der Waals surface area contributed by atoms with E-state index in [0.717, 1.165) is 19.0 Å². The molecule has 0 aliphatic carbocycles. The second kappa shape index (κ2) is 8.98. The second-order valence-electron chi connectivity index (χ2n) is 8.03. The van der Waals surface area contributed by atoms with Gasteiger partial charge in [-0.2, -0.15) is 0 Å². The van der Waals surface area contributed by atoms with E-state index in [9.17, 15) is 4.79 Å². The number of rotatable bonds is 6. The number of nitrogens with one attached hydrogen (secondary N) is 1. The molecular weight excluding hydrogens is 326 g/mol. The van der Waals surface area contributed by atoms with Gasteiger partial charge in [0.2, 0.25) is 5.91 Å². The SMILES string of the molecule is CC1CCCN(Cc2ccccc2CNC(=O)C2(CN)CCOCC2)C1. The van der Waals surface area contributed by atoms with Crippen LogP contribution in [0.3, 0.4) is 0 Å². The number of hydrogen-bond acceptors (Lipinski definition) is 4. The van der Waals surface area contributed by atoms with Gasteiger partial charge in [0.05, 0.1) is 5.41 Å². The average molecular weight is 360 g/mol. The number of piperidine rings is 1. The maximum Gasteiger partial charge on any atom is 0.227 e. The third-order valence-electron chi connectivity index (χ3n) is 6.02. The Morgan fingerprint density at radius 1 is 1.31 bits per heavy atom. The molecule has 5 nitrogen and oxygen atoms in total. The highest BCUT2D eigenvalue weighted by Gasteiger charge is 2.38. The molecule has 1 aromatic carbocycles. The van der Waals surface area contributed by atoms with Crippen LogP contribution in [0.1, 0.15) is 43.7 Å². The highest BCUT2D eigenvalue weighted by atomic mass is 16.5. The lowest BCUT2D eigenvalue weighted by atomic mass is 9.79. The summed E-state index contributed by atoms with van der Waals surface area (Å²) in [5.74, 6) is 0.846. The second-order valence-corrected chi connectivity index (χ2v) is 8.03. The summed E-state index contributed by atoms with van der Waals surface area (Å²) in [7, 11) is 0. The van der Waals surface area contributed by atoms with Crippen LogP contribution in [0.5, 0.6) is 0 Å². The first-order valence-electron chi connectivity index (χ1n) is 9.98. The highest BCUT2D eigenvalue weighted by Crippen LogP contribution is 2.29. The van der Waals surface area contributed by atoms with E-state index >= 15 is 0 Å². The number of nitrogens with zero attached hydrogens (tertiary/aromatic N) is 1. The molecule has 2 fully saturated rings. The molecule has 2 aliphatic rings. The molecule has 3 N–H and O–H groups in total. The van der Waals surface area contributed by atoms with Crippen LogP contribution in [-0.2, 0) is 22.6 Å². The van der Waals surface area contributed by atoms with Gasteiger partial charge in [-0.05, 0) is 49.3 Å². The van der Waals surface area contributed by atoms with Gasteiger partial charge < -0.3 is 15.8 Å². The van der Waals surface area contributed by atoms with E-state index in [-0.39, 0.29) is 5.91 Å². The Morgan fingerprint density at radius 2 is 2.04 bits per heavy atom. The predicted octanol–water partition coefficient (Wildman–Crippen LogP) is 2.29. The van der Waals surface area contributed by atoms with Crippen molar-refractivity contribution in [2.24, 2.45) is 17.1 Å². The van der Waals surface area contributed by atoms with Gasteiger partial charge in [0, 0.05) is 39.4 Å². The Balaban J connectivity index is 1.62. The van der Waals surface area contributed by atoms with E-state index in [1.54, 1.807) is 0 Å². The van der Waals surface area contributed by atoms with Crippen LogP contribution in [-0.4, -0.2) is 43.7 Å². The molecule has 5 heteroatoms. The highest BCUT2D eigenvalue weighted by molar-refractivity contribution is 5.83. The third-order valence-corrected chi connectivity index (χ3v) is 6.02. The van der Waals surface area contributed by atoms with E-state index < -0.39 is 5.41 Å². The fourth-order valence-corrected chi connectivity index (χ4v) is 4.20. The van der Waals surface area contributed by atoms with Crippen molar-refractivity contribution in [2.75, 3.05) is 32.8 Å². The monoisotopic (exact) mass is 359 g/mol. The van der Waals surface area contributed by atoms with E-state index in [1.807, 2.05) is 0 Å². The number of nitrogens with two attached hydrogens (primary N) is 1. The molecule has 1 atom stereocenters. The standard InChI is InChI=1S/C21H33N3O2/c1-17-5-4-10-24(14-17)15-19-7-3-2-6-18(19)13-23-20(25)21(16-22)8-11-26-12-9-21/h2-3,6-7,17H,4-5,8-16,22H2,1H3,(H,23,25). The molecule has 144 valence electrons. The van der Waals surface area contributed by atoms with E-state index in [2.05, 4.69) is 41.4 Å². The molecule has 3 rings (SSSR count). The minimum absolute atomic E-state index is 0.0738.